The van der Waals surface area contributed by atoms with Crippen molar-refractivity contribution < 1.29 is 0 Å². The molecule has 0 saturated carbocycles. The zero-order chi connectivity index (χ0) is 9.31. The van der Waals surface area contributed by atoms with Gasteiger partial charge < -0.3 is 10.9 Å². The second kappa shape index (κ2) is 2.92. The summed E-state index contributed by atoms with van der Waals surface area (Å²) in [6.07, 6.45) is 1.40. The zero-order valence-electron chi connectivity index (χ0n) is 7.18. The fourth-order valence-corrected chi connectivity index (χ4v) is 1.48. The lowest BCUT2D eigenvalue weighted by molar-refractivity contribution is 0.573. The highest BCUT2D eigenvalue weighted by Crippen LogP contribution is 2.36. The number of hydroxylamine groups is 2. The molecule has 1 unspecified atom stereocenters. The van der Waals surface area contributed by atoms with E-state index in [9.17, 15) is 5.21 Å². The minimum atomic E-state index is -0.521. The van der Waals surface area contributed by atoms with Crippen LogP contribution in [0.3, 0.4) is 0 Å². The van der Waals surface area contributed by atoms with Gasteiger partial charge in [-0.25, -0.2) is 0 Å². The van der Waals surface area contributed by atoms with E-state index in [4.69, 9.17) is 5.73 Å². The first kappa shape index (κ1) is 8.37. The average Bonchev–Trinajstić information content (AvgIpc) is 2.46. The molecule has 1 atom stereocenters. The molecule has 1 aliphatic rings. The van der Waals surface area contributed by atoms with Gasteiger partial charge in [0.1, 0.15) is 12.2 Å². The summed E-state index contributed by atoms with van der Waals surface area (Å²) in [5.74, 6) is 0. The van der Waals surface area contributed by atoms with Crippen molar-refractivity contribution in [3.05, 3.63) is 29.5 Å². The Labute approximate surface area is 76.5 Å². The molecule has 1 aromatic carbocycles. The predicted molar refractivity (Wildman–Crippen MR) is 53.7 cm³/mol. The van der Waals surface area contributed by atoms with Crippen LogP contribution in [0.4, 0.5) is 11.4 Å². The predicted octanol–water partition coefficient (Wildman–Crippen LogP) is 1.12. The van der Waals surface area contributed by atoms with Crippen LogP contribution in [0, 0.1) is 5.21 Å². The largest absolute Gasteiger partial charge is 0.621 e. The van der Waals surface area contributed by atoms with Crippen LogP contribution in [-0.2, 0) is 0 Å². The van der Waals surface area contributed by atoms with Crippen LogP contribution in [0.1, 0.15) is 0 Å². The number of hydrogen-bond acceptors (Lipinski definition) is 3. The maximum absolute atomic E-state index is 12.0. The van der Waals surface area contributed by atoms with Crippen LogP contribution in [0.2, 0.25) is 0 Å². The molecular weight excluding hydrogens is 166 g/mol. The van der Waals surface area contributed by atoms with Crippen molar-refractivity contribution in [2.24, 2.45) is 10.7 Å². The van der Waals surface area contributed by atoms with Crippen LogP contribution in [-0.4, -0.2) is 19.4 Å². The zero-order valence-corrected chi connectivity index (χ0v) is 7.18. The molecule has 0 amide bonds. The molecule has 0 aromatic heterocycles. The van der Waals surface area contributed by atoms with Gasteiger partial charge in [-0.15, -0.1) is 0 Å². The van der Waals surface area contributed by atoms with Gasteiger partial charge in [0, 0.05) is 12.6 Å². The molecule has 1 aliphatic heterocycles. The van der Waals surface area contributed by atoms with Gasteiger partial charge in [-0.05, 0) is 6.07 Å². The van der Waals surface area contributed by atoms with E-state index in [0.29, 0.717) is 18.8 Å². The highest BCUT2D eigenvalue weighted by Gasteiger charge is 2.26. The Morgan fingerprint density at radius 1 is 1.38 bits per heavy atom. The molecule has 1 heterocycles. The second-order valence-corrected chi connectivity index (χ2v) is 3.04. The molecule has 68 valence electrons. The van der Waals surface area contributed by atoms with E-state index >= 15 is 0 Å². The quantitative estimate of drug-likeness (QED) is 0.543. The SMILES string of the molecule is NCC[N+]1([O-])C=Nc2ccccc21. The van der Waals surface area contributed by atoms with Gasteiger partial charge in [0.25, 0.3) is 0 Å². The smallest absolute Gasteiger partial charge is 0.195 e. The van der Waals surface area contributed by atoms with Crippen molar-refractivity contribution in [3.63, 3.8) is 0 Å². The fourth-order valence-electron chi connectivity index (χ4n) is 1.48. The lowest BCUT2D eigenvalue weighted by atomic mass is 10.2. The number of hydrogen-bond donors (Lipinski definition) is 1. The normalized spacial score (nSPS) is 24.8. The van der Waals surface area contributed by atoms with E-state index in [-0.39, 0.29) is 0 Å². The van der Waals surface area contributed by atoms with Gasteiger partial charge in [-0.2, -0.15) is 4.99 Å². The second-order valence-electron chi connectivity index (χ2n) is 3.04. The molecule has 13 heavy (non-hydrogen) atoms. The molecule has 0 fully saturated rings. The van der Waals surface area contributed by atoms with E-state index in [2.05, 4.69) is 4.99 Å². The van der Waals surface area contributed by atoms with E-state index in [1.807, 2.05) is 18.2 Å². The lowest BCUT2D eigenvalue weighted by Gasteiger charge is -2.33. The number of nitrogens with zero attached hydrogens (tertiary/aromatic N) is 2. The lowest BCUT2D eigenvalue weighted by Crippen LogP contribution is -2.43. The minimum absolute atomic E-state index is 0.348. The van der Waals surface area contributed by atoms with Crippen molar-refractivity contribution in [2.75, 3.05) is 13.1 Å². The Bertz CT molecular complexity index is 350. The number of quaternary nitrogens is 1. The maximum atomic E-state index is 12.0. The Morgan fingerprint density at radius 3 is 2.92 bits per heavy atom. The van der Waals surface area contributed by atoms with Crippen molar-refractivity contribution in [2.45, 2.75) is 0 Å². The molecule has 1 aromatic rings. The Hall–Kier alpha value is -1.23. The highest BCUT2D eigenvalue weighted by atomic mass is 16.5. The van der Waals surface area contributed by atoms with E-state index in [0.717, 1.165) is 5.69 Å². The topological polar surface area (TPSA) is 61.4 Å². The molecule has 0 saturated heterocycles. The molecule has 0 bridgehead atoms. The third-order valence-corrected chi connectivity index (χ3v) is 2.13. The summed E-state index contributed by atoms with van der Waals surface area (Å²) in [5, 5.41) is 12.0. The summed E-state index contributed by atoms with van der Waals surface area (Å²) in [5.41, 5.74) is 6.82. The molecule has 4 nitrogen and oxygen atoms in total. The van der Waals surface area contributed by atoms with E-state index in [1.165, 1.54) is 6.34 Å². The number of rotatable bonds is 2. The number of nitrogens with two attached hydrogens (primary N) is 1. The summed E-state index contributed by atoms with van der Waals surface area (Å²) < 4.78 is -0.521. The van der Waals surface area contributed by atoms with Gasteiger partial charge in [0.15, 0.2) is 12.0 Å². The standard InChI is InChI=1S/C9H11N3O/c10-5-6-12(13)7-11-8-3-1-2-4-9(8)12/h1-4,7H,5-6,10H2. The van der Waals surface area contributed by atoms with Gasteiger partial charge in [0.2, 0.25) is 0 Å². The van der Waals surface area contributed by atoms with E-state index in [1.54, 1.807) is 6.07 Å². The fraction of sp³-hybridized carbons (Fsp3) is 0.222. The first-order valence-corrected chi connectivity index (χ1v) is 4.20. The van der Waals surface area contributed by atoms with Crippen molar-refractivity contribution in [1.82, 2.24) is 4.65 Å². The molecule has 4 heteroatoms. The molecule has 0 aliphatic carbocycles. The summed E-state index contributed by atoms with van der Waals surface area (Å²) in [6, 6.07) is 7.34. The van der Waals surface area contributed by atoms with Gasteiger partial charge >= 0.3 is 0 Å². The van der Waals surface area contributed by atoms with Crippen LogP contribution in [0.25, 0.3) is 0 Å². The van der Waals surface area contributed by atoms with Crippen LogP contribution in [0.15, 0.2) is 29.3 Å². The van der Waals surface area contributed by atoms with Gasteiger partial charge in [0.05, 0.1) is 0 Å². The summed E-state index contributed by atoms with van der Waals surface area (Å²) in [6.45, 7) is 0.713. The Morgan fingerprint density at radius 2 is 2.15 bits per heavy atom. The monoisotopic (exact) mass is 177 g/mol. The van der Waals surface area contributed by atoms with E-state index < -0.39 is 4.65 Å². The summed E-state index contributed by atoms with van der Waals surface area (Å²) >= 11 is 0. The Balaban J connectivity index is 2.42. The number of benzene rings is 1. The molecule has 0 spiro atoms. The molecule has 2 rings (SSSR count). The number of para-hydroxylation sites is 2. The van der Waals surface area contributed by atoms with Crippen LogP contribution in [0.5, 0.6) is 0 Å². The first-order chi connectivity index (χ1) is 6.26. The summed E-state index contributed by atoms with van der Waals surface area (Å²) in [7, 11) is 0. The third kappa shape index (κ3) is 1.25. The van der Waals surface area contributed by atoms with Gasteiger partial charge in [-0.3, -0.25) is 4.65 Å². The summed E-state index contributed by atoms with van der Waals surface area (Å²) in [4.78, 5) is 4.05. The average molecular weight is 177 g/mol. The van der Waals surface area contributed by atoms with Gasteiger partial charge in [-0.1, -0.05) is 12.1 Å². The number of fused-ring (bicyclic) bond motifs is 1. The number of aliphatic imine (C=N–C) groups is 1. The molecule has 0 radical (unpaired) electrons. The molecule has 2 N–H and O–H groups in total. The first-order valence-electron chi connectivity index (χ1n) is 4.20. The highest BCUT2D eigenvalue weighted by molar-refractivity contribution is 5.89. The van der Waals surface area contributed by atoms with Crippen LogP contribution >= 0.6 is 0 Å². The van der Waals surface area contributed by atoms with Crippen molar-refractivity contribution in [1.29, 1.82) is 0 Å². The third-order valence-electron chi connectivity index (χ3n) is 2.13. The van der Waals surface area contributed by atoms with Crippen molar-refractivity contribution >= 4 is 17.7 Å². The Kier molecular flexibility index (Phi) is 1.88. The molecular formula is C9H11N3O. The maximum Gasteiger partial charge on any atom is 0.195 e. The van der Waals surface area contributed by atoms with Crippen LogP contribution < -0.4 is 10.4 Å². The van der Waals surface area contributed by atoms with Crippen molar-refractivity contribution in [3.8, 4) is 0 Å². The minimum Gasteiger partial charge on any atom is -0.621 e.